The maximum absolute atomic E-state index is 12.9. The maximum Gasteiger partial charge on any atom is 0.213 e. The Morgan fingerprint density at radius 1 is 1.07 bits per heavy atom. The molecule has 0 aliphatic heterocycles. The molecule has 146 valence electrons. The summed E-state index contributed by atoms with van der Waals surface area (Å²) in [5.74, 6) is 1.09. The summed E-state index contributed by atoms with van der Waals surface area (Å²) in [6.07, 6.45) is 2.55. The third kappa shape index (κ3) is 8.04. The Labute approximate surface area is 159 Å². The zero-order valence-electron chi connectivity index (χ0n) is 15.9. The lowest BCUT2D eigenvalue weighted by Crippen LogP contribution is -2.38. The average molecular weight is 374 g/mol. The molecular weight excluding hydrogens is 347 g/mol. The molecular formula is C20H27FN4O2. The first-order valence-corrected chi connectivity index (χ1v) is 9.04. The van der Waals surface area contributed by atoms with Crippen LogP contribution in [0.5, 0.6) is 5.88 Å². The van der Waals surface area contributed by atoms with Gasteiger partial charge in [-0.1, -0.05) is 18.2 Å². The molecule has 27 heavy (non-hydrogen) atoms. The van der Waals surface area contributed by atoms with Gasteiger partial charge >= 0.3 is 0 Å². The van der Waals surface area contributed by atoms with E-state index in [-0.39, 0.29) is 5.82 Å². The maximum atomic E-state index is 12.9. The summed E-state index contributed by atoms with van der Waals surface area (Å²) in [7, 11) is 1.63. The largest absolute Gasteiger partial charge is 0.475 e. The lowest BCUT2D eigenvalue weighted by molar-refractivity contribution is 0.143. The van der Waals surface area contributed by atoms with Gasteiger partial charge in [-0.3, -0.25) is 0 Å². The molecule has 0 spiro atoms. The van der Waals surface area contributed by atoms with Gasteiger partial charge in [0.1, 0.15) is 12.4 Å². The second-order valence-corrected chi connectivity index (χ2v) is 5.84. The van der Waals surface area contributed by atoms with Crippen molar-refractivity contribution in [2.24, 2.45) is 4.99 Å². The molecule has 0 atom stereocenters. The van der Waals surface area contributed by atoms with E-state index < -0.39 is 0 Å². The van der Waals surface area contributed by atoms with Crippen LogP contribution in [0, 0.1) is 5.82 Å². The van der Waals surface area contributed by atoms with Crippen molar-refractivity contribution >= 4 is 5.96 Å². The van der Waals surface area contributed by atoms with Gasteiger partial charge in [-0.15, -0.1) is 0 Å². The molecule has 1 heterocycles. The number of hydrogen-bond acceptors (Lipinski definition) is 4. The second-order valence-electron chi connectivity index (χ2n) is 5.84. The molecule has 2 rings (SSSR count). The Hall–Kier alpha value is -2.67. The summed E-state index contributed by atoms with van der Waals surface area (Å²) in [5.41, 5.74) is 2.07. The zero-order valence-corrected chi connectivity index (χ0v) is 15.9. The molecule has 0 unspecified atom stereocenters. The van der Waals surface area contributed by atoms with Crippen LogP contribution in [0.4, 0.5) is 4.39 Å². The Morgan fingerprint density at radius 2 is 1.85 bits per heavy atom. The Morgan fingerprint density at radius 3 is 2.52 bits per heavy atom. The monoisotopic (exact) mass is 374 g/mol. The number of nitrogens with zero attached hydrogens (tertiary/aromatic N) is 2. The third-order valence-electron chi connectivity index (χ3n) is 3.72. The highest BCUT2D eigenvalue weighted by Gasteiger charge is 2.00. The molecule has 0 radical (unpaired) electrons. The molecule has 0 amide bonds. The number of benzene rings is 1. The van der Waals surface area contributed by atoms with Crippen LogP contribution in [0.1, 0.15) is 18.1 Å². The van der Waals surface area contributed by atoms with E-state index in [1.807, 2.05) is 19.1 Å². The molecule has 1 aromatic carbocycles. The van der Waals surface area contributed by atoms with Crippen molar-refractivity contribution in [3.05, 3.63) is 59.5 Å². The molecule has 1 aromatic heterocycles. The van der Waals surface area contributed by atoms with Gasteiger partial charge in [-0.2, -0.15) is 0 Å². The van der Waals surface area contributed by atoms with E-state index in [0.29, 0.717) is 32.2 Å². The Balaban J connectivity index is 1.82. The number of pyridine rings is 1. The van der Waals surface area contributed by atoms with Gasteiger partial charge in [-0.25, -0.2) is 14.4 Å². The van der Waals surface area contributed by atoms with Crippen LogP contribution < -0.4 is 15.4 Å². The minimum Gasteiger partial charge on any atom is -0.475 e. The fourth-order valence-corrected chi connectivity index (χ4v) is 2.31. The van der Waals surface area contributed by atoms with Gasteiger partial charge in [-0.05, 0) is 36.6 Å². The smallest absolute Gasteiger partial charge is 0.213 e. The number of halogens is 1. The number of guanidine groups is 1. The predicted molar refractivity (Wildman–Crippen MR) is 105 cm³/mol. The van der Waals surface area contributed by atoms with Crippen LogP contribution in [-0.4, -0.2) is 44.4 Å². The Bertz CT molecular complexity index is 690. The van der Waals surface area contributed by atoms with Gasteiger partial charge < -0.3 is 20.1 Å². The summed E-state index contributed by atoms with van der Waals surface area (Å²) in [5, 5.41) is 6.50. The first-order valence-electron chi connectivity index (χ1n) is 9.04. The molecule has 0 bridgehead atoms. The summed E-state index contributed by atoms with van der Waals surface area (Å²) < 4.78 is 23.3. The molecule has 0 aliphatic carbocycles. The normalized spacial score (nSPS) is 11.3. The summed E-state index contributed by atoms with van der Waals surface area (Å²) in [6.45, 7) is 5.02. The van der Waals surface area contributed by atoms with Crippen LogP contribution in [0.25, 0.3) is 0 Å². The molecule has 7 heteroatoms. The average Bonchev–Trinajstić information content (AvgIpc) is 2.69. The van der Waals surface area contributed by atoms with Crippen molar-refractivity contribution < 1.29 is 13.9 Å². The molecule has 0 fully saturated rings. The lowest BCUT2D eigenvalue weighted by Gasteiger charge is -2.11. The van der Waals surface area contributed by atoms with Gasteiger partial charge in [0.25, 0.3) is 0 Å². The third-order valence-corrected chi connectivity index (χ3v) is 3.72. The summed E-state index contributed by atoms with van der Waals surface area (Å²) >= 11 is 0. The van der Waals surface area contributed by atoms with Gasteiger partial charge in [0, 0.05) is 32.5 Å². The molecule has 0 saturated carbocycles. The van der Waals surface area contributed by atoms with E-state index in [1.165, 1.54) is 12.1 Å². The fourth-order valence-electron chi connectivity index (χ4n) is 2.31. The SMILES string of the molecule is CCNC(=NCc1ccc(OCCOC)nc1)NCCc1ccc(F)cc1. The van der Waals surface area contributed by atoms with E-state index in [9.17, 15) is 4.39 Å². The van der Waals surface area contributed by atoms with Crippen LogP contribution in [0.2, 0.25) is 0 Å². The molecule has 2 aromatic rings. The number of aromatic nitrogens is 1. The molecule has 2 N–H and O–H groups in total. The van der Waals surface area contributed by atoms with E-state index in [4.69, 9.17) is 9.47 Å². The number of methoxy groups -OCH3 is 1. The van der Waals surface area contributed by atoms with E-state index in [1.54, 1.807) is 25.4 Å². The van der Waals surface area contributed by atoms with Gasteiger partial charge in [0.05, 0.1) is 13.2 Å². The zero-order chi connectivity index (χ0) is 19.3. The van der Waals surface area contributed by atoms with Crippen LogP contribution in [0.15, 0.2) is 47.6 Å². The first-order chi connectivity index (χ1) is 13.2. The number of hydrogen-bond donors (Lipinski definition) is 2. The number of aliphatic imine (C=N–C) groups is 1. The van der Waals surface area contributed by atoms with Crippen LogP contribution in [-0.2, 0) is 17.7 Å². The standard InChI is InChI=1S/C20H27FN4O2/c1-3-22-20(23-11-10-16-4-7-18(21)8-5-16)25-15-17-6-9-19(24-14-17)27-13-12-26-2/h4-9,14H,3,10-13,15H2,1-2H3,(H2,22,23,25). The number of ether oxygens (including phenoxy) is 2. The van der Waals surface area contributed by atoms with Crippen molar-refractivity contribution in [3.63, 3.8) is 0 Å². The minimum atomic E-state index is -0.217. The topological polar surface area (TPSA) is 67.8 Å². The number of nitrogens with one attached hydrogen (secondary N) is 2. The van der Waals surface area contributed by atoms with Crippen LogP contribution >= 0.6 is 0 Å². The van der Waals surface area contributed by atoms with Gasteiger partial charge in [0.2, 0.25) is 5.88 Å². The number of rotatable bonds is 10. The molecule has 0 aliphatic rings. The van der Waals surface area contributed by atoms with Crippen molar-refractivity contribution in [1.29, 1.82) is 0 Å². The van der Waals surface area contributed by atoms with Crippen molar-refractivity contribution in [2.75, 3.05) is 33.4 Å². The minimum absolute atomic E-state index is 0.217. The molecule has 6 nitrogen and oxygen atoms in total. The first kappa shape index (κ1) is 20.6. The quantitative estimate of drug-likeness (QED) is 0.380. The van der Waals surface area contributed by atoms with E-state index >= 15 is 0 Å². The van der Waals surface area contributed by atoms with E-state index in [2.05, 4.69) is 20.6 Å². The van der Waals surface area contributed by atoms with E-state index in [0.717, 1.165) is 30.1 Å². The highest BCUT2D eigenvalue weighted by molar-refractivity contribution is 5.79. The van der Waals surface area contributed by atoms with Crippen LogP contribution in [0.3, 0.4) is 0 Å². The Kier molecular flexibility index (Phi) is 9.06. The highest BCUT2D eigenvalue weighted by atomic mass is 19.1. The van der Waals surface area contributed by atoms with Gasteiger partial charge in [0.15, 0.2) is 5.96 Å². The predicted octanol–water partition coefficient (Wildman–Crippen LogP) is 2.54. The van der Waals surface area contributed by atoms with Crippen molar-refractivity contribution in [3.8, 4) is 5.88 Å². The highest BCUT2D eigenvalue weighted by Crippen LogP contribution is 2.08. The second kappa shape index (κ2) is 11.9. The summed E-state index contributed by atoms with van der Waals surface area (Å²) in [4.78, 5) is 8.83. The summed E-state index contributed by atoms with van der Waals surface area (Å²) in [6, 6.07) is 10.3. The lowest BCUT2D eigenvalue weighted by atomic mass is 10.1. The van der Waals surface area contributed by atoms with Crippen molar-refractivity contribution in [1.82, 2.24) is 15.6 Å². The molecule has 0 saturated heterocycles. The van der Waals surface area contributed by atoms with Crippen molar-refractivity contribution in [2.45, 2.75) is 19.9 Å². The fraction of sp³-hybridized carbons (Fsp3) is 0.400.